The fourth-order valence-electron chi connectivity index (χ4n) is 4.97. The minimum Gasteiger partial charge on any atom is -0.444 e. The number of benzene rings is 1. The molecule has 4 unspecified atom stereocenters. The van der Waals surface area contributed by atoms with Crippen molar-refractivity contribution in [3.8, 4) is 0 Å². The van der Waals surface area contributed by atoms with Gasteiger partial charge in [-0.1, -0.05) is 64.7 Å². The number of aryl methyl sites for hydroxylation is 2. The summed E-state index contributed by atoms with van der Waals surface area (Å²) in [4.78, 5) is 42.9. The molecule has 2 N–H and O–H groups in total. The van der Waals surface area contributed by atoms with E-state index in [1.54, 1.807) is 25.7 Å². The van der Waals surface area contributed by atoms with Gasteiger partial charge in [-0.3, -0.25) is 9.59 Å². The van der Waals surface area contributed by atoms with Gasteiger partial charge in [0.15, 0.2) is 0 Å². The Kier molecular flexibility index (Phi) is 11.7. The molecule has 4 atom stereocenters. The molecule has 0 saturated heterocycles. The maximum Gasteiger partial charge on any atom is 0.408 e. The molecular weight excluding hydrogens is 478 g/mol. The second kappa shape index (κ2) is 14.0. The molecule has 0 spiro atoms. The van der Waals surface area contributed by atoms with E-state index >= 15 is 0 Å². The standard InChI is InChI=1S/C31H51N3O4/c1-10-20(3)26(33-30(37)38-31(7,8)9)29(36)34(23(6)11-2)27(24-18-17-21(4)22(5)19-24)28(35)32-25-15-13-12-14-16-25/h17-20,23,25-27H,10-16H2,1-9H3,(H,32,35)(H,33,37). The van der Waals surface area contributed by atoms with Crippen molar-refractivity contribution in [1.29, 1.82) is 0 Å². The number of alkyl carbamates (subject to hydrolysis) is 1. The number of amides is 3. The van der Waals surface area contributed by atoms with E-state index < -0.39 is 23.8 Å². The zero-order valence-electron chi connectivity index (χ0n) is 25.1. The number of carbonyl (C=O) groups excluding carboxylic acids is 3. The second-order valence-electron chi connectivity index (χ2n) is 12.1. The van der Waals surface area contributed by atoms with E-state index in [1.807, 2.05) is 59.7 Å². The molecule has 0 heterocycles. The highest BCUT2D eigenvalue weighted by Gasteiger charge is 2.40. The number of ether oxygens (including phenoxy) is 1. The van der Waals surface area contributed by atoms with Crippen LogP contribution in [-0.4, -0.2) is 46.5 Å². The van der Waals surface area contributed by atoms with E-state index in [2.05, 4.69) is 10.6 Å². The van der Waals surface area contributed by atoms with Crippen molar-refractivity contribution in [1.82, 2.24) is 15.5 Å². The van der Waals surface area contributed by atoms with Crippen LogP contribution in [0.4, 0.5) is 4.79 Å². The van der Waals surface area contributed by atoms with Crippen molar-refractivity contribution >= 4 is 17.9 Å². The van der Waals surface area contributed by atoms with Crippen molar-refractivity contribution in [3.05, 3.63) is 34.9 Å². The van der Waals surface area contributed by atoms with Gasteiger partial charge in [-0.2, -0.15) is 0 Å². The lowest BCUT2D eigenvalue weighted by Gasteiger charge is -2.40. The number of hydrogen-bond donors (Lipinski definition) is 2. The van der Waals surface area contributed by atoms with Gasteiger partial charge in [-0.25, -0.2) is 4.79 Å². The predicted octanol–water partition coefficient (Wildman–Crippen LogP) is 6.36. The first-order valence-corrected chi connectivity index (χ1v) is 14.5. The predicted molar refractivity (Wildman–Crippen MR) is 153 cm³/mol. The van der Waals surface area contributed by atoms with Crippen molar-refractivity contribution in [3.63, 3.8) is 0 Å². The summed E-state index contributed by atoms with van der Waals surface area (Å²) >= 11 is 0. The van der Waals surface area contributed by atoms with Gasteiger partial charge in [0.05, 0.1) is 0 Å². The normalized spacial score (nSPS) is 17.6. The Morgan fingerprint density at radius 1 is 1.00 bits per heavy atom. The number of hydrogen-bond acceptors (Lipinski definition) is 4. The Labute approximate surface area is 230 Å². The SMILES string of the molecule is CCC(C)C(NC(=O)OC(C)(C)C)C(=O)N(C(C)CC)C(C(=O)NC1CCCCC1)c1ccc(C)c(C)c1. The summed E-state index contributed by atoms with van der Waals surface area (Å²) in [6.07, 6.45) is 6.03. The molecule has 1 aliphatic carbocycles. The largest absolute Gasteiger partial charge is 0.444 e. The maximum atomic E-state index is 14.4. The Morgan fingerprint density at radius 2 is 1.63 bits per heavy atom. The van der Waals surface area contributed by atoms with E-state index in [9.17, 15) is 14.4 Å². The minimum absolute atomic E-state index is 0.115. The molecule has 0 aromatic heterocycles. The first-order valence-electron chi connectivity index (χ1n) is 14.5. The Balaban J connectivity index is 2.54. The summed E-state index contributed by atoms with van der Waals surface area (Å²) in [5.74, 6) is -0.570. The molecule has 0 radical (unpaired) electrons. The summed E-state index contributed by atoms with van der Waals surface area (Å²) in [7, 11) is 0. The Hall–Kier alpha value is -2.57. The van der Waals surface area contributed by atoms with Crippen LogP contribution < -0.4 is 10.6 Å². The fraction of sp³-hybridized carbons (Fsp3) is 0.710. The van der Waals surface area contributed by atoms with Crippen LogP contribution >= 0.6 is 0 Å². The Bertz CT molecular complexity index is 949. The second-order valence-corrected chi connectivity index (χ2v) is 12.1. The van der Waals surface area contributed by atoms with E-state index in [0.717, 1.165) is 42.4 Å². The summed E-state index contributed by atoms with van der Waals surface area (Å²) in [5.41, 5.74) is 2.30. The van der Waals surface area contributed by atoms with Gasteiger partial charge in [0.2, 0.25) is 11.8 Å². The van der Waals surface area contributed by atoms with Crippen LogP contribution in [0.25, 0.3) is 0 Å². The van der Waals surface area contributed by atoms with Crippen LogP contribution in [0.3, 0.4) is 0 Å². The first kappa shape index (κ1) is 31.6. The monoisotopic (exact) mass is 529 g/mol. The van der Waals surface area contributed by atoms with Crippen LogP contribution in [0.1, 0.15) is 116 Å². The molecule has 2 rings (SSSR count). The molecular formula is C31H51N3O4. The summed E-state index contributed by atoms with van der Waals surface area (Å²) < 4.78 is 5.50. The van der Waals surface area contributed by atoms with Gasteiger partial charge in [0.25, 0.3) is 0 Å². The third-order valence-electron chi connectivity index (χ3n) is 7.80. The molecule has 1 aromatic rings. The van der Waals surface area contributed by atoms with Crippen molar-refractivity contribution in [2.75, 3.05) is 0 Å². The molecule has 0 aliphatic heterocycles. The molecule has 214 valence electrons. The van der Waals surface area contributed by atoms with Crippen LogP contribution in [0.5, 0.6) is 0 Å². The summed E-state index contributed by atoms with van der Waals surface area (Å²) in [6.45, 7) is 17.4. The van der Waals surface area contributed by atoms with Crippen LogP contribution in [0, 0.1) is 19.8 Å². The quantitative estimate of drug-likeness (QED) is 0.369. The number of nitrogens with zero attached hydrogens (tertiary/aromatic N) is 1. The highest BCUT2D eigenvalue weighted by atomic mass is 16.6. The third-order valence-corrected chi connectivity index (χ3v) is 7.80. The number of rotatable bonds is 10. The molecule has 7 nitrogen and oxygen atoms in total. The average molecular weight is 530 g/mol. The summed E-state index contributed by atoms with van der Waals surface area (Å²) in [6, 6.07) is 4.25. The van der Waals surface area contributed by atoms with E-state index in [0.29, 0.717) is 12.8 Å². The maximum absolute atomic E-state index is 14.4. The molecule has 1 aliphatic rings. The van der Waals surface area contributed by atoms with Crippen molar-refractivity contribution in [2.45, 2.75) is 137 Å². The topological polar surface area (TPSA) is 87.7 Å². The lowest BCUT2D eigenvalue weighted by molar-refractivity contribution is -0.146. The van der Waals surface area contributed by atoms with Crippen LogP contribution in [-0.2, 0) is 14.3 Å². The van der Waals surface area contributed by atoms with E-state index in [4.69, 9.17) is 4.74 Å². The van der Waals surface area contributed by atoms with Gasteiger partial charge in [0, 0.05) is 12.1 Å². The molecule has 1 fully saturated rings. The number of carbonyl (C=O) groups is 3. The van der Waals surface area contributed by atoms with E-state index in [-0.39, 0.29) is 29.8 Å². The summed E-state index contributed by atoms with van der Waals surface area (Å²) in [5, 5.41) is 6.12. The highest BCUT2D eigenvalue weighted by Crippen LogP contribution is 2.30. The van der Waals surface area contributed by atoms with Crippen molar-refractivity contribution < 1.29 is 19.1 Å². The zero-order valence-corrected chi connectivity index (χ0v) is 25.1. The zero-order chi connectivity index (χ0) is 28.6. The van der Waals surface area contributed by atoms with Gasteiger partial charge in [-0.15, -0.1) is 0 Å². The lowest BCUT2D eigenvalue weighted by Crippen LogP contribution is -2.57. The number of nitrogens with one attached hydrogen (secondary N) is 2. The fourth-order valence-corrected chi connectivity index (χ4v) is 4.97. The molecule has 7 heteroatoms. The highest BCUT2D eigenvalue weighted by molar-refractivity contribution is 5.92. The van der Waals surface area contributed by atoms with Gasteiger partial charge in [-0.05, 0) is 83.4 Å². The van der Waals surface area contributed by atoms with Gasteiger partial charge >= 0.3 is 6.09 Å². The first-order chi connectivity index (χ1) is 17.8. The molecule has 3 amide bonds. The van der Waals surface area contributed by atoms with E-state index in [1.165, 1.54) is 6.42 Å². The van der Waals surface area contributed by atoms with Gasteiger partial charge in [0.1, 0.15) is 17.7 Å². The molecule has 38 heavy (non-hydrogen) atoms. The minimum atomic E-state index is -0.819. The average Bonchev–Trinajstić information content (AvgIpc) is 2.85. The van der Waals surface area contributed by atoms with Gasteiger partial charge < -0.3 is 20.3 Å². The molecule has 1 aromatic carbocycles. The van der Waals surface area contributed by atoms with Crippen LogP contribution in [0.2, 0.25) is 0 Å². The third kappa shape index (κ3) is 8.74. The molecule has 0 bridgehead atoms. The van der Waals surface area contributed by atoms with Crippen LogP contribution in [0.15, 0.2) is 18.2 Å². The smallest absolute Gasteiger partial charge is 0.408 e. The lowest BCUT2D eigenvalue weighted by atomic mass is 9.92. The molecule has 1 saturated carbocycles. The van der Waals surface area contributed by atoms with Crippen molar-refractivity contribution in [2.24, 2.45) is 5.92 Å². The Morgan fingerprint density at radius 3 is 2.16 bits per heavy atom.